The van der Waals surface area contributed by atoms with E-state index < -0.39 is 0 Å². The van der Waals surface area contributed by atoms with Crippen molar-refractivity contribution < 1.29 is 0 Å². The van der Waals surface area contributed by atoms with Crippen LogP contribution in [0.4, 0.5) is 0 Å². The van der Waals surface area contributed by atoms with Crippen LogP contribution in [-0.4, -0.2) is 6.04 Å². The summed E-state index contributed by atoms with van der Waals surface area (Å²) in [6.45, 7) is 3.11. The van der Waals surface area contributed by atoms with Gasteiger partial charge >= 0.3 is 0 Å². The van der Waals surface area contributed by atoms with Crippen LogP contribution in [0.3, 0.4) is 0 Å². The van der Waals surface area contributed by atoms with Gasteiger partial charge in [-0.3, -0.25) is 0 Å². The molecule has 0 unspecified atom stereocenters. The summed E-state index contributed by atoms with van der Waals surface area (Å²) in [6, 6.07) is 17.7. The molecule has 0 amide bonds. The molecule has 1 fully saturated rings. The van der Waals surface area contributed by atoms with Gasteiger partial charge in [0.2, 0.25) is 0 Å². The number of halogens is 1. The van der Waals surface area contributed by atoms with Crippen molar-refractivity contribution in [2.45, 2.75) is 38.3 Å². The van der Waals surface area contributed by atoms with E-state index in [1.54, 1.807) is 0 Å². The highest BCUT2D eigenvalue weighted by Crippen LogP contribution is 2.37. The second-order valence-corrected chi connectivity index (χ2v) is 6.22. The topological polar surface area (TPSA) is 12.0 Å². The maximum Gasteiger partial charge on any atom is 0.0406 e. The molecule has 0 bridgehead atoms. The largest absolute Gasteiger partial charge is 0.310 e. The molecule has 2 aromatic rings. The van der Waals surface area contributed by atoms with E-state index in [9.17, 15) is 0 Å². The van der Waals surface area contributed by atoms with Crippen molar-refractivity contribution in [2.24, 2.45) is 0 Å². The van der Waals surface area contributed by atoms with Gasteiger partial charge < -0.3 is 5.32 Å². The molecule has 1 saturated carbocycles. The van der Waals surface area contributed by atoms with Crippen molar-refractivity contribution in [3.8, 4) is 0 Å². The van der Waals surface area contributed by atoms with Gasteiger partial charge in [0, 0.05) is 17.6 Å². The van der Waals surface area contributed by atoms with Gasteiger partial charge in [-0.2, -0.15) is 0 Å². The lowest BCUT2D eigenvalue weighted by atomic mass is 9.76. The Balaban J connectivity index is 1.48. The van der Waals surface area contributed by atoms with Crippen molar-refractivity contribution in [3.05, 3.63) is 70.2 Å². The minimum atomic E-state index is 0.649. The molecule has 104 valence electrons. The van der Waals surface area contributed by atoms with Crippen LogP contribution in [0.2, 0.25) is 5.02 Å². The highest BCUT2D eigenvalue weighted by atomic mass is 35.5. The number of rotatable bonds is 4. The molecule has 1 aliphatic carbocycles. The molecule has 1 aliphatic rings. The molecule has 0 atom stereocenters. The van der Waals surface area contributed by atoms with Crippen LogP contribution in [0, 0.1) is 6.92 Å². The molecular formula is C18H20ClN. The van der Waals surface area contributed by atoms with Gasteiger partial charge in [-0.25, -0.2) is 0 Å². The Morgan fingerprint density at radius 1 is 1.10 bits per heavy atom. The van der Waals surface area contributed by atoms with Gasteiger partial charge in [0.25, 0.3) is 0 Å². The maximum atomic E-state index is 5.92. The molecule has 0 spiro atoms. The van der Waals surface area contributed by atoms with Gasteiger partial charge in [-0.05, 0) is 48.9 Å². The molecule has 0 aliphatic heterocycles. The van der Waals surface area contributed by atoms with Gasteiger partial charge in [-0.1, -0.05) is 53.6 Å². The predicted octanol–water partition coefficient (Wildman–Crippen LogP) is 4.68. The van der Waals surface area contributed by atoms with E-state index in [0.29, 0.717) is 12.0 Å². The molecule has 0 aromatic heterocycles. The minimum absolute atomic E-state index is 0.649. The van der Waals surface area contributed by atoms with Gasteiger partial charge in [0.15, 0.2) is 0 Å². The quantitative estimate of drug-likeness (QED) is 0.860. The number of hydrogen-bond donors (Lipinski definition) is 1. The molecule has 0 radical (unpaired) electrons. The molecular weight excluding hydrogens is 266 g/mol. The van der Waals surface area contributed by atoms with E-state index in [0.717, 1.165) is 11.6 Å². The molecule has 2 heteroatoms. The van der Waals surface area contributed by atoms with Crippen molar-refractivity contribution in [2.75, 3.05) is 0 Å². The Labute approximate surface area is 126 Å². The fourth-order valence-corrected chi connectivity index (χ4v) is 3.00. The third kappa shape index (κ3) is 3.23. The number of benzene rings is 2. The van der Waals surface area contributed by atoms with Crippen LogP contribution in [0.25, 0.3) is 0 Å². The molecule has 1 nitrogen and oxygen atoms in total. The maximum absolute atomic E-state index is 5.92. The van der Waals surface area contributed by atoms with Crippen LogP contribution < -0.4 is 5.32 Å². The number of hydrogen-bond acceptors (Lipinski definition) is 1. The van der Waals surface area contributed by atoms with Gasteiger partial charge in [-0.15, -0.1) is 0 Å². The lowest BCUT2D eigenvalue weighted by molar-refractivity contribution is 0.289. The fourth-order valence-electron chi connectivity index (χ4n) is 2.88. The first-order valence-corrected chi connectivity index (χ1v) is 7.63. The zero-order chi connectivity index (χ0) is 13.9. The summed E-state index contributed by atoms with van der Waals surface area (Å²) in [5.74, 6) is 0.697. The van der Waals surface area contributed by atoms with Crippen LogP contribution in [0.5, 0.6) is 0 Å². The Morgan fingerprint density at radius 2 is 1.85 bits per heavy atom. The minimum Gasteiger partial charge on any atom is -0.310 e. The van der Waals surface area contributed by atoms with Gasteiger partial charge in [0.1, 0.15) is 0 Å². The molecule has 2 aromatic carbocycles. The lowest BCUT2D eigenvalue weighted by Gasteiger charge is -2.36. The second kappa shape index (κ2) is 5.99. The molecule has 20 heavy (non-hydrogen) atoms. The van der Waals surface area contributed by atoms with Crippen molar-refractivity contribution in [1.29, 1.82) is 0 Å². The predicted molar refractivity (Wildman–Crippen MR) is 85.2 cm³/mol. The van der Waals surface area contributed by atoms with Gasteiger partial charge in [0.05, 0.1) is 0 Å². The number of aryl methyl sites for hydroxylation is 1. The van der Waals surface area contributed by atoms with E-state index in [4.69, 9.17) is 11.6 Å². The zero-order valence-corrected chi connectivity index (χ0v) is 12.5. The fraction of sp³-hybridized carbons (Fsp3) is 0.333. The normalized spacial score (nSPS) is 21.5. The van der Waals surface area contributed by atoms with E-state index in [1.807, 2.05) is 12.1 Å². The molecule has 3 rings (SSSR count). The zero-order valence-electron chi connectivity index (χ0n) is 11.8. The van der Waals surface area contributed by atoms with E-state index in [-0.39, 0.29) is 0 Å². The van der Waals surface area contributed by atoms with E-state index in [1.165, 1.54) is 29.5 Å². The first-order chi connectivity index (χ1) is 9.70. The smallest absolute Gasteiger partial charge is 0.0406 e. The average molecular weight is 286 g/mol. The first kappa shape index (κ1) is 13.7. The van der Waals surface area contributed by atoms with Crippen LogP contribution in [0.15, 0.2) is 48.5 Å². The second-order valence-electron chi connectivity index (χ2n) is 5.79. The Morgan fingerprint density at radius 3 is 2.55 bits per heavy atom. The summed E-state index contributed by atoms with van der Waals surface area (Å²) in [6.07, 6.45) is 2.46. The average Bonchev–Trinajstić information content (AvgIpc) is 2.39. The summed E-state index contributed by atoms with van der Waals surface area (Å²) in [5.41, 5.74) is 4.12. The van der Waals surface area contributed by atoms with Crippen molar-refractivity contribution >= 4 is 11.6 Å². The Bertz CT molecular complexity index is 570. The summed E-state index contributed by atoms with van der Waals surface area (Å²) in [5, 5.41) is 4.47. The molecule has 1 N–H and O–H groups in total. The van der Waals surface area contributed by atoms with Crippen LogP contribution in [0.1, 0.15) is 35.4 Å². The van der Waals surface area contributed by atoms with E-state index >= 15 is 0 Å². The number of nitrogens with one attached hydrogen (secondary N) is 1. The van der Waals surface area contributed by atoms with E-state index in [2.05, 4.69) is 48.6 Å². The molecule has 0 saturated heterocycles. The standard InChI is InChI=1S/C18H20ClN/c1-13-3-2-4-14(9-13)12-20-18-10-16(11-18)15-5-7-17(19)8-6-15/h2-9,16,18,20H,10-12H2,1H3. The van der Waals surface area contributed by atoms with Crippen LogP contribution >= 0.6 is 11.6 Å². The monoisotopic (exact) mass is 285 g/mol. The summed E-state index contributed by atoms with van der Waals surface area (Å²) >= 11 is 5.92. The van der Waals surface area contributed by atoms with Crippen molar-refractivity contribution in [1.82, 2.24) is 5.32 Å². The third-order valence-electron chi connectivity index (χ3n) is 4.16. The SMILES string of the molecule is Cc1cccc(CNC2CC(c3ccc(Cl)cc3)C2)c1. The Hall–Kier alpha value is -1.31. The molecule has 0 heterocycles. The Kier molecular flexibility index (Phi) is 4.09. The summed E-state index contributed by atoms with van der Waals surface area (Å²) in [7, 11) is 0. The summed E-state index contributed by atoms with van der Waals surface area (Å²) in [4.78, 5) is 0. The van der Waals surface area contributed by atoms with Crippen molar-refractivity contribution in [3.63, 3.8) is 0 Å². The summed E-state index contributed by atoms with van der Waals surface area (Å²) < 4.78 is 0. The van der Waals surface area contributed by atoms with Crippen LogP contribution in [-0.2, 0) is 6.54 Å². The first-order valence-electron chi connectivity index (χ1n) is 7.25. The third-order valence-corrected chi connectivity index (χ3v) is 4.41. The highest BCUT2D eigenvalue weighted by molar-refractivity contribution is 6.30. The highest BCUT2D eigenvalue weighted by Gasteiger charge is 2.29. The lowest BCUT2D eigenvalue weighted by Crippen LogP contribution is -2.39.